The first-order chi connectivity index (χ1) is 8.25. The highest BCUT2D eigenvalue weighted by Crippen LogP contribution is 2.64. The van der Waals surface area contributed by atoms with Crippen molar-refractivity contribution in [3.8, 4) is 0 Å². The predicted molar refractivity (Wildman–Crippen MR) is 64.8 cm³/mol. The zero-order chi connectivity index (χ0) is 17.0. The van der Waals surface area contributed by atoms with E-state index in [1.807, 2.05) is 0 Å². The first-order valence-electron chi connectivity index (χ1n) is 3.90. The van der Waals surface area contributed by atoms with E-state index in [1.165, 1.54) is 15.9 Å². The molecule has 0 rings (SSSR count). The van der Waals surface area contributed by atoms with Gasteiger partial charge >= 0.3 is 25.8 Å². The summed E-state index contributed by atoms with van der Waals surface area (Å²) in [7, 11) is 0. The Morgan fingerprint density at radius 3 is 1.05 bits per heavy atom. The summed E-state index contributed by atoms with van der Waals surface area (Å²) in [5.74, 6) is -12.2. The minimum Gasteiger partial charge on any atom is -0.217 e. The van der Waals surface area contributed by atoms with E-state index in [0.717, 1.165) is 31.9 Å². The van der Waals surface area contributed by atoms with Crippen LogP contribution in [0.1, 0.15) is 0 Å². The fourth-order valence-electron chi connectivity index (χ4n) is 0.750. The van der Waals surface area contributed by atoms with E-state index >= 15 is 0 Å². The molecule has 0 spiro atoms. The Hall–Kier alpha value is 1.39. The third-order valence-electron chi connectivity index (χ3n) is 1.90. The quantitative estimate of drug-likeness (QED) is 0.271. The minimum atomic E-state index is -6.27. The summed E-state index contributed by atoms with van der Waals surface area (Å²) in [6.45, 7) is 0. The van der Waals surface area contributed by atoms with Gasteiger partial charge in [-0.05, 0) is 59.4 Å². The summed E-state index contributed by atoms with van der Waals surface area (Å²) in [5, 5.41) is -5.53. The molecule has 0 aromatic rings. The van der Waals surface area contributed by atoms with Gasteiger partial charge in [-0.25, -0.2) is 13.2 Å². The lowest BCUT2D eigenvalue weighted by atomic mass is 10.0. The van der Waals surface area contributed by atoms with Crippen LogP contribution in [0.4, 0.5) is 39.5 Å². The van der Waals surface area contributed by atoms with Crippen molar-refractivity contribution in [1.82, 2.24) is 0 Å². The average Bonchev–Trinajstić information content (AvgIpc) is 2.12. The molecule has 20 heavy (non-hydrogen) atoms. The highest BCUT2D eigenvalue weighted by Gasteiger charge is 2.85. The SMILES string of the molecule is FC(F)(Cl)[C@@](F)(Br)C(F)(F)[C@@](F)(Br)C(F)(F)[C@@](F)(Cl)Br. The van der Waals surface area contributed by atoms with Gasteiger partial charge < -0.3 is 0 Å². The number of hydrogen-bond donors (Lipinski definition) is 0. The summed E-state index contributed by atoms with van der Waals surface area (Å²) in [6.07, 6.45) is 0. The van der Waals surface area contributed by atoms with Gasteiger partial charge in [-0.15, -0.1) is 0 Å². The Morgan fingerprint density at radius 1 is 0.550 bits per heavy atom. The maximum Gasteiger partial charge on any atom is 0.371 e. The number of halogens is 14. The molecule has 0 saturated heterocycles. The Bertz CT molecular complexity index is 337. The molecule has 0 aromatic carbocycles. The Morgan fingerprint density at radius 2 is 0.850 bits per heavy atom. The molecule has 0 heterocycles. The molecule has 0 amide bonds. The van der Waals surface area contributed by atoms with Gasteiger partial charge in [-0.2, -0.15) is 26.3 Å². The van der Waals surface area contributed by atoms with Gasteiger partial charge in [0, 0.05) is 0 Å². The van der Waals surface area contributed by atoms with Crippen LogP contribution in [0.3, 0.4) is 0 Å². The fraction of sp³-hybridized carbons (Fsp3) is 1.00. The summed E-state index contributed by atoms with van der Waals surface area (Å²) < 4.78 is 102. The first-order valence-corrected chi connectivity index (χ1v) is 7.03. The van der Waals surface area contributed by atoms with Gasteiger partial charge in [0.1, 0.15) is 0 Å². The number of rotatable bonds is 5. The molecule has 0 fully saturated rings. The Kier molecular flexibility index (Phi) is 5.86. The second-order valence-electron chi connectivity index (χ2n) is 3.29. The van der Waals surface area contributed by atoms with Crippen molar-refractivity contribution in [3.63, 3.8) is 0 Å². The fourth-order valence-corrected chi connectivity index (χ4v) is 2.74. The van der Waals surface area contributed by atoms with Crippen LogP contribution >= 0.6 is 71.0 Å². The molecular formula is C6Br3Cl2F9. The van der Waals surface area contributed by atoms with Crippen molar-refractivity contribution < 1.29 is 39.5 Å². The molecule has 0 aliphatic rings. The molecule has 0 bridgehead atoms. The summed E-state index contributed by atoms with van der Waals surface area (Å²) in [5.41, 5.74) is 0. The normalized spacial score (nSPS) is 23.7. The van der Waals surface area contributed by atoms with Gasteiger partial charge in [0.15, 0.2) is 0 Å². The first kappa shape index (κ1) is 21.4. The number of hydrogen-bond acceptors (Lipinski definition) is 0. The molecule has 0 N–H and O–H groups in total. The molecule has 0 aliphatic carbocycles. The molecule has 0 aliphatic heterocycles. The lowest BCUT2D eigenvalue weighted by molar-refractivity contribution is -0.263. The lowest BCUT2D eigenvalue weighted by Gasteiger charge is -2.42. The van der Waals surface area contributed by atoms with E-state index in [4.69, 9.17) is 0 Å². The van der Waals surface area contributed by atoms with E-state index in [1.54, 1.807) is 0 Å². The van der Waals surface area contributed by atoms with E-state index in [9.17, 15) is 39.5 Å². The topological polar surface area (TPSA) is 0 Å². The van der Waals surface area contributed by atoms with E-state index in [2.05, 4.69) is 23.2 Å². The van der Waals surface area contributed by atoms with Crippen LogP contribution in [-0.2, 0) is 0 Å². The monoisotopic (exact) mass is 550 g/mol. The van der Waals surface area contributed by atoms with Crippen LogP contribution in [0.15, 0.2) is 0 Å². The standard InChI is InChI=1S/C6Br3Cl2F9/c7-1(12,4(16,17)5(9,10)18)3(14,15)2(8,13)6(11,19)20/t1-,2+,5-/m0/s1. The highest BCUT2D eigenvalue weighted by molar-refractivity contribution is 9.11. The maximum atomic E-state index is 13.6. The van der Waals surface area contributed by atoms with E-state index < -0.39 is 30.4 Å². The van der Waals surface area contributed by atoms with Crippen molar-refractivity contribution in [2.45, 2.75) is 30.4 Å². The van der Waals surface area contributed by atoms with E-state index in [-0.39, 0.29) is 0 Å². The summed E-state index contributed by atoms with van der Waals surface area (Å²) >= 11 is 11.7. The molecule has 0 saturated carbocycles. The van der Waals surface area contributed by atoms with Crippen molar-refractivity contribution in [1.29, 1.82) is 0 Å². The molecule has 14 heteroatoms. The summed E-state index contributed by atoms with van der Waals surface area (Å²) in [4.78, 5) is 0. The highest BCUT2D eigenvalue weighted by atomic mass is 79.9. The second-order valence-corrected chi connectivity index (χ2v) is 8.02. The third-order valence-corrected chi connectivity index (χ3v) is 5.11. The van der Waals surface area contributed by atoms with Crippen molar-refractivity contribution in [3.05, 3.63) is 0 Å². The van der Waals surface area contributed by atoms with Crippen molar-refractivity contribution in [2.24, 2.45) is 0 Å². The smallest absolute Gasteiger partial charge is 0.217 e. The van der Waals surface area contributed by atoms with Gasteiger partial charge in [0.05, 0.1) is 0 Å². The van der Waals surface area contributed by atoms with Crippen LogP contribution in [0, 0.1) is 0 Å². The molecular weight excluding hydrogens is 554 g/mol. The van der Waals surface area contributed by atoms with E-state index in [0.29, 0.717) is 0 Å². The van der Waals surface area contributed by atoms with Crippen molar-refractivity contribution >= 4 is 71.0 Å². The van der Waals surface area contributed by atoms with Crippen molar-refractivity contribution in [2.75, 3.05) is 0 Å². The van der Waals surface area contributed by atoms with Gasteiger partial charge in [-0.3, -0.25) is 0 Å². The number of alkyl halides is 14. The average molecular weight is 554 g/mol. The Labute approximate surface area is 140 Å². The van der Waals surface area contributed by atoms with Crippen LogP contribution in [0.2, 0.25) is 0 Å². The van der Waals surface area contributed by atoms with Crippen LogP contribution in [-0.4, -0.2) is 30.4 Å². The molecule has 0 nitrogen and oxygen atoms in total. The predicted octanol–water partition coefficient (Wildman–Crippen LogP) is 6.47. The summed E-state index contributed by atoms with van der Waals surface area (Å²) in [6, 6.07) is 0. The van der Waals surface area contributed by atoms with Crippen LogP contribution < -0.4 is 0 Å². The molecule has 122 valence electrons. The second kappa shape index (κ2) is 5.48. The zero-order valence-electron chi connectivity index (χ0n) is 8.29. The molecule has 0 unspecified atom stereocenters. The van der Waals surface area contributed by atoms with Crippen LogP contribution in [0.5, 0.6) is 0 Å². The third kappa shape index (κ3) is 3.05. The zero-order valence-corrected chi connectivity index (χ0v) is 14.6. The van der Waals surface area contributed by atoms with Gasteiger partial charge in [-0.1, -0.05) is 11.6 Å². The minimum absolute atomic E-state index is 1.01. The molecule has 0 aromatic heterocycles. The maximum absolute atomic E-state index is 13.6. The molecule has 3 atom stereocenters. The largest absolute Gasteiger partial charge is 0.371 e. The van der Waals surface area contributed by atoms with Gasteiger partial charge in [0.2, 0.25) is 0 Å². The lowest BCUT2D eigenvalue weighted by Crippen LogP contribution is -2.67. The van der Waals surface area contributed by atoms with Gasteiger partial charge in [0.25, 0.3) is 4.58 Å². The Balaban J connectivity index is 6.08. The molecule has 0 radical (unpaired) electrons. The van der Waals surface area contributed by atoms with Crippen LogP contribution in [0.25, 0.3) is 0 Å².